The van der Waals surface area contributed by atoms with Gasteiger partial charge in [-0.3, -0.25) is 4.79 Å². The highest BCUT2D eigenvalue weighted by atomic mass is 16.1. The smallest absolute Gasteiger partial charge is 0.253 e. The SMILES string of the molecule is CCCN1CCCC(c2cccc(-c3nccc(-c4cc5c([nH]4)CCNC5=O)n3)c2)C1. The van der Waals surface area contributed by atoms with Crippen molar-refractivity contribution in [1.29, 1.82) is 0 Å². The molecule has 1 unspecified atom stereocenters. The lowest BCUT2D eigenvalue weighted by molar-refractivity contribution is 0.0946. The normalized spacial score (nSPS) is 19.1. The molecular formula is C25H29N5O. The van der Waals surface area contributed by atoms with E-state index in [9.17, 15) is 4.79 Å². The average molecular weight is 416 g/mol. The van der Waals surface area contributed by atoms with E-state index in [1.165, 1.54) is 37.9 Å². The first-order chi connectivity index (χ1) is 15.2. The molecule has 0 aliphatic carbocycles. The molecule has 1 amide bonds. The van der Waals surface area contributed by atoms with Gasteiger partial charge in [0.2, 0.25) is 0 Å². The number of nitrogens with zero attached hydrogens (tertiary/aromatic N) is 3. The van der Waals surface area contributed by atoms with E-state index in [4.69, 9.17) is 4.98 Å². The molecule has 5 rings (SSSR count). The summed E-state index contributed by atoms with van der Waals surface area (Å²) in [5.74, 6) is 1.27. The Bertz CT molecular complexity index is 1090. The summed E-state index contributed by atoms with van der Waals surface area (Å²) in [4.78, 5) is 27.4. The van der Waals surface area contributed by atoms with Crippen LogP contribution in [-0.2, 0) is 6.42 Å². The zero-order valence-electron chi connectivity index (χ0n) is 18.0. The number of amides is 1. The van der Waals surface area contributed by atoms with Crippen molar-refractivity contribution >= 4 is 5.91 Å². The van der Waals surface area contributed by atoms with E-state index >= 15 is 0 Å². The van der Waals surface area contributed by atoms with Gasteiger partial charge in [-0.2, -0.15) is 0 Å². The summed E-state index contributed by atoms with van der Waals surface area (Å²) >= 11 is 0. The minimum Gasteiger partial charge on any atom is -0.356 e. The molecule has 31 heavy (non-hydrogen) atoms. The van der Waals surface area contributed by atoms with Gasteiger partial charge in [0.25, 0.3) is 5.91 Å². The standard InChI is InChI=1S/C25H29N5O/c1-2-12-30-13-4-7-19(16-30)17-5-3-6-18(14-17)24-26-10-9-22(29-24)23-15-20-21(28-23)8-11-27-25(20)31/h3,5-6,9-10,14-15,19,28H,2,4,7-8,11-13,16H2,1H3,(H,27,31). The number of hydrogen-bond acceptors (Lipinski definition) is 4. The number of nitrogens with one attached hydrogen (secondary N) is 2. The summed E-state index contributed by atoms with van der Waals surface area (Å²) < 4.78 is 0. The Morgan fingerprint density at radius 1 is 1.23 bits per heavy atom. The Morgan fingerprint density at radius 2 is 2.16 bits per heavy atom. The number of hydrogen-bond donors (Lipinski definition) is 2. The average Bonchev–Trinajstić information content (AvgIpc) is 3.26. The molecule has 0 bridgehead atoms. The van der Waals surface area contributed by atoms with Gasteiger partial charge in [-0.1, -0.05) is 25.1 Å². The Hall–Kier alpha value is -2.99. The number of carbonyl (C=O) groups excluding carboxylic acids is 1. The van der Waals surface area contributed by atoms with Crippen LogP contribution in [0.5, 0.6) is 0 Å². The number of aromatic amines is 1. The van der Waals surface area contributed by atoms with E-state index in [2.05, 4.69) is 51.4 Å². The Kier molecular flexibility index (Phi) is 5.55. The third-order valence-electron chi connectivity index (χ3n) is 6.40. The number of H-pyrrole nitrogens is 1. The number of benzene rings is 1. The largest absolute Gasteiger partial charge is 0.356 e. The van der Waals surface area contributed by atoms with E-state index in [0.717, 1.165) is 47.0 Å². The fraction of sp³-hybridized carbons (Fsp3) is 0.400. The Labute approximate surface area is 183 Å². The molecular weight excluding hydrogens is 386 g/mol. The van der Waals surface area contributed by atoms with Crippen LogP contribution in [0.2, 0.25) is 0 Å². The zero-order chi connectivity index (χ0) is 21.2. The van der Waals surface area contributed by atoms with Crippen LogP contribution in [0, 0.1) is 0 Å². The molecule has 4 heterocycles. The molecule has 6 heteroatoms. The number of rotatable bonds is 5. The summed E-state index contributed by atoms with van der Waals surface area (Å²) in [6, 6.07) is 12.5. The van der Waals surface area contributed by atoms with Crippen molar-refractivity contribution in [3.63, 3.8) is 0 Å². The zero-order valence-corrected chi connectivity index (χ0v) is 18.0. The lowest BCUT2D eigenvalue weighted by Crippen LogP contribution is -2.34. The predicted molar refractivity (Wildman–Crippen MR) is 122 cm³/mol. The van der Waals surface area contributed by atoms with Gasteiger partial charge in [0.15, 0.2) is 5.82 Å². The van der Waals surface area contributed by atoms with Gasteiger partial charge >= 0.3 is 0 Å². The quantitative estimate of drug-likeness (QED) is 0.660. The van der Waals surface area contributed by atoms with Crippen LogP contribution in [-0.4, -0.2) is 51.9 Å². The van der Waals surface area contributed by atoms with Crippen LogP contribution >= 0.6 is 0 Å². The second kappa shape index (κ2) is 8.63. The molecule has 1 fully saturated rings. The molecule has 0 spiro atoms. The van der Waals surface area contributed by atoms with Crippen molar-refractivity contribution in [1.82, 2.24) is 25.2 Å². The highest BCUT2D eigenvalue weighted by Gasteiger charge is 2.22. The van der Waals surface area contributed by atoms with Crippen LogP contribution in [0.1, 0.15) is 53.7 Å². The molecule has 2 N–H and O–H groups in total. The van der Waals surface area contributed by atoms with Gasteiger partial charge in [-0.25, -0.2) is 9.97 Å². The highest BCUT2D eigenvalue weighted by Crippen LogP contribution is 2.30. The second-order valence-electron chi connectivity index (χ2n) is 8.61. The van der Waals surface area contributed by atoms with Crippen LogP contribution < -0.4 is 5.32 Å². The first-order valence-electron chi connectivity index (χ1n) is 11.4. The van der Waals surface area contributed by atoms with Crippen molar-refractivity contribution in [2.24, 2.45) is 0 Å². The molecule has 2 aliphatic rings. The van der Waals surface area contributed by atoms with Crippen LogP contribution in [0.4, 0.5) is 0 Å². The fourth-order valence-corrected chi connectivity index (χ4v) is 4.86. The van der Waals surface area contributed by atoms with Crippen molar-refractivity contribution in [2.75, 3.05) is 26.2 Å². The third kappa shape index (κ3) is 4.12. The first kappa shape index (κ1) is 19.9. The van der Waals surface area contributed by atoms with E-state index in [1.807, 2.05) is 12.1 Å². The summed E-state index contributed by atoms with van der Waals surface area (Å²) in [7, 11) is 0. The molecule has 0 saturated carbocycles. The number of fused-ring (bicyclic) bond motifs is 1. The second-order valence-corrected chi connectivity index (χ2v) is 8.61. The summed E-state index contributed by atoms with van der Waals surface area (Å²) in [5.41, 5.74) is 5.79. The highest BCUT2D eigenvalue weighted by molar-refractivity contribution is 5.97. The van der Waals surface area contributed by atoms with E-state index in [-0.39, 0.29) is 5.91 Å². The number of aromatic nitrogens is 3. The van der Waals surface area contributed by atoms with Gasteiger partial charge in [0, 0.05) is 37.0 Å². The lowest BCUT2D eigenvalue weighted by Gasteiger charge is -2.32. The molecule has 0 radical (unpaired) electrons. The summed E-state index contributed by atoms with van der Waals surface area (Å²) in [5, 5.41) is 2.89. The van der Waals surface area contributed by atoms with Gasteiger partial charge < -0.3 is 15.2 Å². The molecule has 1 atom stereocenters. The van der Waals surface area contributed by atoms with Gasteiger partial charge in [-0.05, 0) is 62.0 Å². The lowest BCUT2D eigenvalue weighted by atomic mass is 9.89. The van der Waals surface area contributed by atoms with Crippen molar-refractivity contribution in [3.05, 3.63) is 59.4 Å². The fourth-order valence-electron chi connectivity index (χ4n) is 4.86. The maximum Gasteiger partial charge on any atom is 0.253 e. The molecule has 6 nitrogen and oxygen atoms in total. The monoisotopic (exact) mass is 415 g/mol. The molecule has 1 saturated heterocycles. The topological polar surface area (TPSA) is 73.9 Å². The number of carbonyl (C=O) groups is 1. The van der Waals surface area contributed by atoms with Gasteiger partial charge in [0.1, 0.15) is 0 Å². The molecule has 3 aromatic rings. The van der Waals surface area contributed by atoms with Crippen LogP contribution in [0.15, 0.2) is 42.6 Å². The molecule has 2 aliphatic heterocycles. The van der Waals surface area contributed by atoms with E-state index in [0.29, 0.717) is 12.5 Å². The van der Waals surface area contributed by atoms with Gasteiger partial charge in [-0.15, -0.1) is 0 Å². The Morgan fingerprint density at radius 3 is 3.03 bits per heavy atom. The minimum atomic E-state index is -0.0182. The van der Waals surface area contributed by atoms with E-state index in [1.54, 1.807) is 6.20 Å². The molecule has 2 aromatic heterocycles. The van der Waals surface area contributed by atoms with Gasteiger partial charge in [0.05, 0.1) is 17.0 Å². The molecule has 1 aromatic carbocycles. The maximum absolute atomic E-state index is 12.1. The Balaban J connectivity index is 1.42. The number of piperidine rings is 1. The maximum atomic E-state index is 12.1. The molecule has 160 valence electrons. The first-order valence-corrected chi connectivity index (χ1v) is 11.4. The van der Waals surface area contributed by atoms with Crippen molar-refractivity contribution in [2.45, 2.75) is 38.5 Å². The van der Waals surface area contributed by atoms with Crippen LogP contribution in [0.25, 0.3) is 22.8 Å². The van der Waals surface area contributed by atoms with Crippen molar-refractivity contribution in [3.8, 4) is 22.8 Å². The summed E-state index contributed by atoms with van der Waals surface area (Å²) in [6.45, 7) is 6.45. The minimum absolute atomic E-state index is 0.0182. The van der Waals surface area contributed by atoms with E-state index < -0.39 is 0 Å². The number of likely N-dealkylation sites (tertiary alicyclic amines) is 1. The third-order valence-corrected chi connectivity index (χ3v) is 6.40. The van der Waals surface area contributed by atoms with Crippen molar-refractivity contribution < 1.29 is 4.79 Å². The summed E-state index contributed by atoms with van der Waals surface area (Å²) in [6.07, 6.45) is 6.31. The van der Waals surface area contributed by atoms with Crippen LogP contribution in [0.3, 0.4) is 0 Å². The predicted octanol–water partition coefficient (Wildman–Crippen LogP) is 4.01.